The summed E-state index contributed by atoms with van der Waals surface area (Å²) in [6, 6.07) is 0. The molecule has 0 amide bonds. The van der Waals surface area contributed by atoms with Gasteiger partial charge in [0, 0.05) is 11.3 Å². The first-order valence-electron chi connectivity index (χ1n) is 9.52. The van der Waals surface area contributed by atoms with Gasteiger partial charge in [-0.2, -0.15) is 0 Å². The van der Waals surface area contributed by atoms with Crippen molar-refractivity contribution in [3.8, 4) is 0 Å². The van der Waals surface area contributed by atoms with Crippen LogP contribution < -0.4 is 0 Å². The summed E-state index contributed by atoms with van der Waals surface area (Å²) in [5.41, 5.74) is 1.47. The molecule has 0 aliphatic heterocycles. The zero-order chi connectivity index (χ0) is 16.4. The maximum absolute atomic E-state index is 11.8. The molecule has 0 aromatic heterocycles. The Labute approximate surface area is 140 Å². The SMILES string of the molecule is CC[C@H]1CC[C@H]2[C@@H]3CCC4=CC(=O)C=C[C@]4(C)[C@H]3[C@@H](O)C[C@]12C. The third-order valence-corrected chi connectivity index (χ3v) is 8.18. The van der Waals surface area contributed by atoms with Crippen LogP contribution >= 0.6 is 0 Å². The molecule has 0 aromatic rings. The average Bonchev–Trinajstić information content (AvgIpc) is 2.83. The monoisotopic (exact) mass is 314 g/mol. The van der Waals surface area contributed by atoms with Gasteiger partial charge in [0.1, 0.15) is 0 Å². The van der Waals surface area contributed by atoms with E-state index in [2.05, 4.69) is 26.8 Å². The van der Waals surface area contributed by atoms with Crippen molar-refractivity contribution in [3.05, 3.63) is 23.8 Å². The minimum Gasteiger partial charge on any atom is -0.393 e. The number of ketones is 1. The summed E-state index contributed by atoms with van der Waals surface area (Å²) in [5.74, 6) is 2.56. The van der Waals surface area contributed by atoms with Gasteiger partial charge in [-0.25, -0.2) is 0 Å². The highest BCUT2D eigenvalue weighted by Gasteiger charge is 2.60. The Bertz CT molecular complexity index is 589. The normalized spacial score (nSPS) is 51.7. The first kappa shape index (κ1) is 15.6. The number of aliphatic hydroxyl groups is 1. The Balaban J connectivity index is 1.73. The summed E-state index contributed by atoms with van der Waals surface area (Å²) < 4.78 is 0. The van der Waals surface area contributed by atoms with Gasteiger partial charge >= 0.3 is 0 Å². The average molecular weight is 314 g/mol. The number of aliphatic hydroxyl groups excluding tert-OH is 1. The molecule has 23 heavy (non-hydrogen) atoms. The highest BCUT2D eigenvalue weighted by atomic mass is 16.3. The van der Waals surface area contributed by atoms with Gasteiger partial charge in [-0.15, -0.1) is 0 Å². The Hall–Kier alpha value is -0.890. The van der Waals surface area contributed by atoms with Crippen molar-refractivity contribution >= 4 is 5.78 Å². The summed E-state index contributed by atoms with van der Waals surface area (Å²) in [6.07, 6.45) is 12.5. The molecule has 1 N–H and O–H groups in total. The van der Waals surface area contributed by atoms with Gasteiger partial charge in [-0.1, -0.05) is 38.8 Å². The quantitative estimate of drug-likeness (QED) is 0.784. The first-order valence-corrected chi connectivity index (χ1v) is 9.52. The molecule has 2 nitrogen and oxygen atoms in total. The van der Waals surface area contributed by atoms with Crippen LogP contribution in [0, 0.1) is 34.5 Å². The van der Waals surface area contributed by atoms with Crippen molar-refractivity contribution in [3.63, 3.8) is 0 Å². The van der Waals surface area contributed by atoms with Crippen LogP contribution in [0.3, 0.4) is 0 Å². The molecule has 3 fully saturated rings. The Kier molecular flexibility index (Phi) is 3.43. The van der Waals surface area contributed by atoms with Crippen molar-refractivity contribution in [2.45, 2.75) is 65.4 Å². The second kappa shape index (κ2) is 5.05. The maximum Gasteiger partial charge on any atom is 0.178 e. The fourth-order valence-electron chi connectivity index (χ4n) is 7.10. The number of fused-ring (bicyclic) bond motifs is 5. The van der Waals surface area contributed by atoms with Crippen molar-refractivity contribution < 1.29 is 9.90 Å². The number of allylic oxidation sites excluding steroid dienone is 4. The van der Waals surface area contributed by atoms with Crippen molar-refractivity contribution in [2.75, 3.05) is 0 Å². The second-order valence-electron chi connectivity index (χ2n) is 8.98. The number of hydrogen-bond acceptors (Lipinski definition) is 2. The zero-order valence-electron chi connectivity index (χ0n) is 14.7. The van der Waals surface area contributed by atoms with Crippen LogP contribution in [0.2, 0.25) is 0 Å². The van der Waals surface area contributed by atoms with Crippen LogP contribution in [0.25, 0.3) is 0 Å². The van der Waals surface area contributed by atoms with Gasteiger partial charge in [0.25, 0.3) is 0 Å². The molecule has 0 saturated heterocycles. The number of carbonyl (C=O) groups is 1. The molecule has 0 radical (unpaired) electrons. The lowest BCUT2D eigenvalue weighted by molar-refractivity contribution is -0.118. The molecule has 4 aliphatic carbocycles. The van der Waals surface area contributed by atoms with Crippen LogP contribution in [0.4, 0.5) is 0 Å². The summed E-state index contributed by atoms with van der Waals surface area (Å²) >= 11 is 0. The number of hydrogen-bond donors (Lipinski definition) is 1. The molecule has 0 spiro atoms. The van der Waals surface area contributed by atoms with E-state index in [1.165, 1.54) is 24.8 Å². The predicted molar refractivity (Wildman–Crippen MR) is 91.8 cm³/mol. The van der Waals surface area contributed by atoms with Gasteiger partial charge in [0.2, 0.25) is 0 Å². The molecule has 0 bridgehead atoms. The third kappa shape index (κ3) is 2.00. The molecule has 0 aromatic carbocycles. The lowest BCUT2D eigenvalue weighted by atomic mass is 9.47. The van der Waals surface area contributed by atoms with E-state index >= 15 is 0 Å². The minimum absolute atomic E-state index is 0.109. The van der Waals surface area contributed by atoms with Crippen LogP contribution in [-0.2, 0) is 4.79 Å². The van der Waals surface area contributed by atoms with Crippen LogP contribution in [0.5, 0.6) is 0 Å². The van der Waals surface area contributed by atoms with Crippen LogP contribution in [-0.4, -0.2) is 17.0 Å². The Morgan fingerprint density at radius 1 is 1.26 bits per heavy atom. The largest absolute Gasteiger partial charge is 0.393 e. The molecule has 3 saturated carbocycles. The van der Waals surface area contributed by atoms with Gasteiger partial charge in [0.15, 0.2) is 5.78 Å². The topological polar surface area (TPSA) is 37.3 Å². The van der Waals surface area contributed by atoms with E-state index in [4.69, 9.17) is 0 Å². The van der Waals surface area contributed by atoms with Gasteiger partial charge in [-0.05, 0) is 67.4 Å². The number of rotatable bonds is 1. The Morgan fingerprint density at radius 3 is 2.78 bits per heavy atom. The van der Waals surface area contributed by atoms with Gasteiger partial charge < -0.3 is 5.11 Å². The Morgan fingerprint density at radius 2 is 2.04 bits per heavy atom. The summed E-state index contributed by atoms with van der Waals surface area (Å²) in [5, 5.41) is 11.2. The summed E-state index contributed by atoms with van der Waals surface area (Å²) in [4.78, 5) is 11.8. The number of carbonyl (C=O) groups excluding carboxylic acids is 1. The predicted octanol–water partition coefficient (Wildman–Crippen LogP) is 4.29. The smallest absolute Gasteiger partial charge is 0.178 e. The highest BCUT2D eigenvalue weighted by Crippen LogP contribution is 2.66. The maximum atomic E-state index is 11.8. The molecular weight excluding hydrogens is 284 g/mol. The van der Waals surface area contributed by atoms with E-state index in [1.807, 2.05) is 6.08 Å². The standard InChI is InChI=1S/C21H30O2/c1-4-13-6-8-17-16-7-5-14-11-15(22)9-10-20(14,2)19(16)18(23)12-21(13,17)3/h9-11,13,16-19,23H,4-8,12H2,1-3H3/t13-,16-,17-,18-,19+,20-,21+/m0/s1. The molecule has 7 atom stereocenters. The van der Waals surface area contributed by atoms with Gasteiger partial charge in [-0.3, -0.25) is 4.79 Å². The molecule has 4 rings (SSSR count). The van der Waals surface area contributed by atoms with E-state index in [1.54, 1.807) is 6.08 Å². The lowest BCUT2D eigenvalue weighted by Crippen LogP contribution is -2.55. The fraction of sp³-hybridized carbons (Fsp3) is 0.762. The van der Waals surface area contributed by atoms with E-state index in [-0.39, 0.29) is 17.3 Å². The molecular formula is C21H30O2. The molecule has 2 heteroatoms. The fourth-order valence-corrected chi connectivity index (χ4v) is 7.10. The van der Waals surface area contributed by atoms with Crippen molar-refractivity contribution in [1.29, 1.82) is 0 Å². The highest BCUT2D eigenvalue weighted by molar-refractivity contribution is 6.01. The second-order valence-corrected chi connectivity index (χ2v) is 8.98. The third-order valence-electron chi connectivity index (χ3n) is 8.18. The molecule has 0 unspecified atom stereocenters. The van der Waals surface area contributed by atoms with Crippen LogP contribution in [0.1, 0.15) is 59.3 Å². The van der Waals surface area contributed by atoms with E-state index < -0.39 is 0 Å². The lowest BCUT2D eigenvalue weighted by Gasteiger charge is -2.58. The molecule has 4 aliphatic rings. The van der Waals surface area contributed by atoms with Gasteiger partial charge in [0.05, 0.1) is 6.10 Å². The van der Waals surface area contributed by atoms with E-state index in [9.17, 15) is 9.90 Å². The van der Waals surface area contributed by atoms with Crippen molar-refractivity contribution in [2.24, 2.45) is 34.5 Å². The molecule has 126 valence electrons. The van der Waals surface area contributed by atoms with E-state index in [0.29, 0.717) is 17.3 Å². The molecule has 0 heterocycles. The summed E-state index contributed by atoms with van der Waals surface area (Å²) in [7, 11) is 0. The van der Waals surface area contributed by atoms with Crippen molar-refractivity contribution in [1.82, 2.24) is 0 Å². The first-order chi connectivity index (χ1) is 10.9. The van der Waals surface area contributed by atoms with Crippen LogP contribution in [0.15, 0.2) is 23.8 Å². The minimum atomic E-state index is -0.236. The summed E-state index contributed by atoms with van der Waals surface area (Å²) in [6.45, 7) is 7.03. The zero-order valence-corrected chi connectivity index (χ0v) is 14.7. The van der Waals surface area contributed by atoms with E-state index in [0.717, 1.165) is 31.1 Å².